The minimum Gasteiger partial charge on any atom is -0.491 e. The van der Waals surface area contributed by atoms with Gasteiger partial charge in [-0.15, -0.1) is 0 Å². The predicted octanol–water partition coefficient (Wildman–Crippen LogP) is 4.16. The van der Waals surface area contributed by atoms with Crippen LogP contribution in [0.4, 0.5) is 4.79 Å². The maximum Gasteiger partial charge on any atom is 0.407 e. The third kappa shape index (κ3) is 4.59. The second-order valence-corrected chi connectivity index (χ2v) is 8.13. The average Bonchev–Trinajstić information content (AvgIpc) is 3.18. The monoisotopic (exact) mass is 471 g/mol. The number of amides is 1. The second-order valence-electron chi connectivity index (χ2n) is 8.13. The molecule has 0 radical (unpaired) electrons. The summed E-state index contributed by atoms with van der Waals surface area (Å²) in [7, 11) is 0. The van der Waals surface area contributed by atoms with E-state index >= 15 is 0 Å². The largest absolute Gasteiger partial charge is 0.491 e. The number of hydrogen-bond acceptors (Lipinski definition) is 6. The molecule has 0 bridgehead atoms. The van der Waals surface area contributed by atoms with Gasteiger partial charge in [-0.2, -0.15) is 0 Å². The van der Waals surface area contributed by atoms with Crippen molar-refractivity contribution in [3.05, 3.63) is 100 Å². The first kappa shape index (κ1) is 22.2. The van der Waals surface area contributed by atoms with E-state index < -0.39 is 23.7 Å². The zero-order valence-corrected chi connectivity index (χ0v) is 18.5. The number of hydrogen-bond donors (Lipinski definition) is 2. The number of carboxylic acids is 1. The molecule has 1 atom stereocenters. The highest BCUT2D eigenvalue weighted by atomic mass is 16.6. The van der Waals surface area contributed by atoms with Crippen molar-refractivity contribution in [1.82, 2.24) is 5.32 Å². The standard InChI is InChI=1S/C27H21NO7/c29-25-12-10-16-9-11-17(13-24(16)35-25)33-15-23(26(30)31)28-27(32)34-14-22-20-7-3-1-5-18(20)19-6-2-4-8-21(19)22/h1-13,22-23H,14-15H2,(H,28,32)(H,30,31)/t23-/m0/s1. The lowest BCUT2D eigenvalue weighted by atomic mass is 9.98. The van der Waals surface area contributed by atoms with Crippen molar-refractivity contribution in [2.75, 3.05) is 13.2 Å². The number of carbonyl (C=O) groups excluding carboxylic acids is 1. The van der Waals surface area contributed by atoms with Gasteiger partial charge in [0, 0.05) is 23.4 Å². The number of carbonyl (C=O) groups is 2. The number of ether oxygens (including phenoxy) is 2. The third-order valence-electron chi connectivity index (χ3n) is 5.95. The Kier molecular flexibility index (Phi) is 5.93. The van der Waals surface area contributed by atoms with Gasteiger partial charge >= 0.3 is 17.7 Å². The molecule has 0 saturated carbocycles. The molecule has 1 aromatic heterocycles. The minimum absolute atomic E-state index is 0.0662. The summed E-state index contributed by atoms with van der Waals surface area (Å²) >= 11 is 0. The average molecular weight is 471 g/mol. The minimum atomic E-state index is -1.34. The quantitative estimate of drug-likeness (QED) is 0.389. The van der Waals surface area contributed by atoms with Crippen LogP contribution in [0.5, 0.6) is 5.75 Å². The Morgan fingerprint density at radius 2 is 1.60 bits per heavy atom. The van der Waals surface area contributed by atoms with Gasteiger partial charge in [0.15, 0.2) is 6.04 Å². The van der Waals surface area contributed by atoms with Gasteiger partial charge in [-0.3, -0.25) is 0 Å². The molecule has 0 aliphatic heterocycles. The molecule has 1 amide bonds. The summed E-state index contributed by atoms with van der Waals surface area (Å²) in [5.74, 6) is -1.11. The van der Waals surface area contributed by atoms with E-state index in [4.69, 9.17) is 13.9 Å². The SMILES string of the molecule is O=C(N[C@@H](COc1ccc2ccc(=O)oc2c1)C(=O)O)OCC1c2ccccc2-c2ccccc21. The Morgan fingerprint density at radius 1 is 0.943 bits per heavy atom. The highest BCUT2D eigenvalue weighted by Crippen LogP contribution is 2.44. The first-order valence-corrected chi connectivity index (χ1v) is 11.0. The van der Waals surface area contributed by atoms with Gasteiger partial charge in [0.25, 0.3) is 0 Å². The number of aliphatic carboxylic acids is 1. The fraction of sp³-hybridized carbons (Fsp3) is 0.148. The summed E-state index contributed by atoms with van der Waals surface area (Å²) in [5, 5.41) is 12.6. The summed E-state index contributed by atoms with van der Waals surface area (Å²) in [6.07, 6.45) is -0.854. The van der Waals surface area contributed by atoms with E-state index in [1.807, 2.05) is 48.5 Å². The zero-order chi connectivity index (χ0) is 24.4. The summed E-state index contributed by atoms with van der Waals surface area (Å²) < 4.78 is 16.1. The van der Waals surface area contributed by atoms with E-state index in [2.05, 4.69) is 5.32 Å². The molecule has 0 fully saturated rings. The van der Waals surface area contributed by atoms with Gasteiger partial charge in [-0.25, -0.2) is 14.4 Å². The number of benzene rings is 3. The molecule has 176 valence electrons. The van der Waals surface area contributed by atoms with E-state index in [0.717, 1.165) is 22.3 Å². The number of alkyl carbamates (subject to hydrolysis) is 1. The lowest BCUT2D eigenvalue weighted by molar-refractivity contribution is -0.140. The van der Waals surface area contributed by atoms with Crippen LogP contribution in [0, 0.1) is 0 Å². The van der Waals surface area contributed by atoms with Crippen molar-refractivity contribution >= 4 is 23.0 Å². The van der Waals surface area contributed by atoms with Gasteiger partial charge < -0.3 is 24.3 Å². The number of nitrogens with one attached hydrogen (secondary N) is 1. The lowest BCUT2D eigenvalue weighted by Crippen LogP contribution is -2.45. The molecule has 5 rings (SSSR count). The van der Waals surface area contributed by atoms with Crippen LogP contribution in [-0.4, -0.2) is 36.4 Å². The maximum absolute atomic E-state index is 12.5. The van der Waals surface area contributed by atoms with Crippen molar-refractivity contribution in [3.63, 3.8) is 0 Å². The maximum atomic E-state index is 12.5. The number of fused-ring (bicyclic) bond motifs is 4. The van der Waals surface area contributed by atoms with Crippen molar-refractivity contribution in [3.8, 4) is 16.9 Å². The first-order chi connectivity index (χ1) is 17.0. The smallest absolute Gasteiger partial charge is 0.407 e. The molecule has 0 saturated heterocycles. The van der Waals surface area contributed by atoms with Gasteiger partial charge in [-0.05, 0) is 40.5 Å². The Morgan fingerprint density at radius 3 is 2.29 bits per heavy atom. The summed E-state index contributed by atoms with van der Waals surface area (Å²) in [6.45, 7) is -0.279. The first-order valence-electron chi connectivity index (χ1n) is 11.0. The molecule has 0 spiro atoms. The third-order valence-corrected chi connectivity index (χ3v) is 5.95. The Hall–Kier alpha value is -4.59. The Balaban J connectivity index is 1.22. The van der Waals surface area contributed by atoms with Crippen molar-refractivity contribution in [2.45, 2.75) is 12.0 Å². The molecule has 4 aromatic rings. The lowest BCUT2D eigenvalue weighted by Gasteiger charge is -2.18. The zero-order valence-electron chi connectivity index (χ0n) is 18.5. The normalized spacial score (nSPS) is 13.0. The van der Waals surface area contributed by atoms with Crippen molar-refractivity contribution in [2.24, 2.45) is 0 Å². The summed E-state index contributed by atoms with van der Waals surface area (Å²) in [4.78, 5) is 35.6. The van der Waals surface area contributed by atoms with Crippen LogP contribution in [0.3, 0.4) is 0 Å². The van der Waals surface area contributed by atoms with E-state index in [1.54, 1.807) is 18.2 Å². The van der Waals surface area contributed by atoms with Crippen molar-refractivity contribution in [1.29, 1.82) is 0 Å². The van der Waals surface area contributed by atoms with Crippen LogP contribution in [0.2, 0.25) is 0 Å². The van der Waals surface area contributed by atoms with Crippen LogP contribution in [-0.2, 0) is 9.53 Å². The van der Waals surface area contributed by atoms with E-state index in [9.17, 15) is 19.5 Å². The van der Waals surface area contributed by atoms with Crippen LogP contribution < -0.4 is 15.7 Å². The number of carboxylic acid groups (broad SMARTS) is 1. The summed E-state index contributed by atoms with van der Waals surface area (Å²) in [5.41, 5.74) is 4.12. The van der Waals surface area contributed by atoms with Crippen LogP contribution in [0.15, 0.2) is 88.1 Å². The van der Waals surface area contributed by atoms with Gasteiger partial charge in [0.2, 0.25) is 0 Å². The van der Waals surface area contributed by atoms with Crippen LogP contribution >= 0.6 is 0 Å². The fourth-order valence-electron chi connectivity index (χ4n) is 4.27. The molecule has 1 aliphatic rings. The molecule has 3 aromatic carbocycles. The molecular weight excluding hydrogens is 450 g/mol. The fourth-order valence-corrected chi connectivity index (χ4v) is 4.27. The van der Waals surface area contributed by atoms with Crippen LogP contribution in [0.25, 0.3) is 22.1 Å². The van der Waals surface area contributed by atoms with Gasteiger partial charge in [-0.1, -0.05) is 48.5 Å². The molecule has 1 heterocycles. The predicted molar refractivity (Wildman–Crippen MR) is 128 cm³/mol. The van der Waals surface area contributed by atoms with E-state index in [0.29, 0.717) is 16.7 Å². The molecule has 2 N–H and O–H groups in total. The molecule has 1 aliphatic carbocycles. The molecular formula is C27H21NO7. The molecule has 8 nitrogen and oxygen atoms in total. The van der Waals surface area contributed by atoms with Crippen LogP contribution in [0.1, 0.15) is 17.0 Å². The highest BCUT2D eigenvalue weighted by molar-refractivity contribution is 5.81. The topological polar surface area (TPSA) is 115 Å². The Bertz CT molecular complexity index is 1430. The van der Waals surface area contributed by atoms with E-state index in [1.165, 1.54) is 12.1 Å². The second kappa shape index (κ2) is 9.34. The Labute approximate surface area is 199 Å². The molecule has 8 heteroatoms. The highest BCUT2D eigenvalue weighted by Gasteiger charge is 2.30. The number of rotatable bonds is 7. The summed E-state index contributed by atoms with van der Waals surface area (Å²) in [6, 6.07) is 22.2. The molecule has 0 unspecified atom stereocenters. The van der Waals surface area contributed by atoms with Crippen molar-refractivity contribution < 1.29 is 28.6 Å². The van der Waals surface area contributed by atoms with Gasteiger partial charge in [0.1, 0.15) is 24.5 Å². The van der Waals surface area contributed by atoms with Gasteiger partial charge in [0.05, 0.1) is 0 Å². The van der Waals surface area contributed by atoms with E-state index in [-0.39, 0.29) is 19.1 Å². The molecule has 35 heavy (non-hydrogen) atoms.